The highest BCUT2D eigenvalue weighted by molar-refractivity contribution is 5.13. The Balaban J connectivity index is 1.28. The molecule has 0 aromatic carbocycles. The molecule has 0 amide bonds. The fraction of sp³-hybridized carbons (Fsp3) is 0.619. The predicted octanol–water partition coefficient (Wildman–Crippen LogP) is 3.20. The minimum absolute atomic E-state index is 0.212. The summed E-state index contributed by atoms with van der Waals surface area (Å²) in [5.74, 6) is 0.698. The van der Waals surface area contributed by atoms with Crippen molar-refractivity contribution in [3.8, 4) is 0 Å². The molecule has 0 unspecified atom stereocenters. The maximum absolute atomic E-state index is 14.0. The molecule has 27 heavy (non-hydrogen) atoms. The third kappa shape index (κ3) is 3.65. The van der Waals surface area contributed by atoms with Gasteiger partial charge in [-0.3, -0.25) is 19.5 Å². The summed E-state index contributed by atoms with van der Waals surface area (Å²) in [6.07, 6.45) is 8.25. The van der Waals surface area contributed by atoms with E-state index in [1.807, 2.05) is 0 Å². The van der Waals surface area contributed by atoms with Gasteiger partial charge in [-0.25, -0.2) is 4.39 Å². The van der Waals surface area contributed by atoms with Crippen molar-refractivity contribution in [1.29, 1.82) is 0 Å². The van der Waals surface area contributed by atoms with Crippen LogP contribution < -0.4 is 0 Å². The van der Waals surface area contributed by atoms with Crippen molar-refractivity contribution < 1.29 is 4.39 Å². The van der Waals surface area contributed by atoms with Gasteiger partial charge in [0.1, 0.15) is 5.82 Å². The molecule has 0 N–H and O–H groups in total. The van der Waals surface area contributed by atoms with Crippen LogP contribution in [0.3, 0.4) is 0 Å². The monoisotopic (exact) mass is 369 g/mol. The summed E-state index contributed by atoms with van der Waals surface area (Å²) >= 11 is 0. The van der Waals surface area contributed by atoms with Crippen LogP contribution in [0.15, 0.2) is 24.4 Å². The Labute approximate surface area is 160 Å². The second-order valence-electron chi connectivity index (χ2n) is 8.46. The lowest BCUT2D eigenvalue weighted by Gasteiger charge is -2.23. The summed E-state index contributed by atoms with van der Waals surface area (Å²) in [6.45, 7) is 5.50. The quantitative estimate of drug-likeness (QED) is 0.829. The molecule has 4 heterocycles. The molecule has 2 bridgehead atoms. The molecule has 5 rings (SSSR count). The lowest BCUT2D eigenvalue weighted by Crippen LogP contribution is -2.28. The molecule has 1 aliphatic carbocycles. The molecule has 0 spiro atoms. The Morgan fingerprint density at radius 1 is 1.15 bits per heavy atom. The fourth-order valence-corrected chi connectivity index (χ4v) is 5.19. The van der Waals surface area contributed by atoms with Gasteiger partial charge in [0, 0.05) is 51.5 Å². The third-order valence-corrected chi connectivity index (χ3v) is 6.48. The summed E-state index contributed by atoms with van der Waals surface area (Å²) in [5, 5.41) is 4.91. The first-order valence-electron chi connectivity index (χ1n) is 10.4. The highest BCUT2D eigenvalue weighted by Gasteiger charge is 2.35. The van der Waals surface area contributed by atoms with E-state index in [0.717, 1.165) is 44.6 Å². The van der Waals surface area contributed by atoms with E-state index in [-0.39, 0.29) is 5.82 Å². The van der Waals surface area contributed by atoms with E-state index in [2.05, 4.69) is 25.5 Å². The summed E-state index contributed by atoms with van der Waals surface area (Å²) in [6, 6.07) is 6.19. The normalized spacial score (nSPS) is 26.1. The summed E-state index contributed by atoms with van der Waals surface area (Å²) < 4.78 is 16.1. The van der Waals surface area contributed by atoms with Crippen molar-refractivity contribution in [3.05, 3.63) is 47.3 Å². The van der Waals surface area contributed by atoms with Gasteiger partial charge < -0.3 is 0 Å². The summed E-state index contributed by atoms with van der Waals surface area (Å²) in [5.41, 5.74) is 2.99. The summed E-state index contributed by atoms with van der Waals surface area (Å²) in [4.78, 5) is 9.16. The molecule has 2 fully saturated rings. The number of nitrogens with zero attached hydrogens (tertiary/aromatic N) is 5. The Kier molecular flexibility index (Phi) is 4.70. The Morgan fingerprint density at radius 3 is 3.00 bits per heavy atom. The molecule has 2 aliphatic heterocycles. The van der Waals surface area contributed by atoms with Gasteiger partial charge in [0.2, 0.25) is 0 Å². The van der Waals surface area contributed by atoms with Crippen molar-refractivity contribution in [1.82, 2.24) is 24.6 Å². The van der Waals surface area contributed by atoms with Crippen LogP contribution in [0.4, 0.5) is 4.39 Å². The van der Waals surface area contributed by atoms with Gasteiger partial charge in [-0.1, -0.05) is 6.42 Å². The molecule has 5 nitrogen and oxygen atoms in total. The van der Waals surface area contributed by atoms with Crippen molar-refractivity contribution in [3.63, 3.8) is 0 Å². The molecule has 1 saturated heterocycles. The van der Waals surface area contributed by atoms with Crippen LogP contribution in [-0.2, 0) is 26.2 Å². The molecule has 0 radical (unpaired) electrons. The van der Waals surface area contributed by atoms with Crippen LogP contribution in [0.1, 0.15) is 49.2 Å². The average molecular weight is 369 g/mol. The van der Waals surface area contributed by atoms with Gasteiger partial charge in [-0.2, -0.15) is 5.10 Å². The first kappa shape index (κ1) is 17.3. The van der Waals surface area contributed by atoms with Crippen molar-refractivity contribution in [2.75, 3.05) is 13.1 Å². The molecule has 2 aromatic rings. The topological polar surface area (TPSA) is 37.2 Å². The van der Waals surface area contributed by atoms with E-state index in [9.17, 15) is 4.39 Å². The van der Waals surface area contributed by atoms with Crippen LogP contribution in [0.25, 0.3) is 0 Å². The molecule has 2 aromatic heterocycles. The smallest absolute Gasteiger partial charge is 0.146 e. The number of fused-ring (bicyclic) bond motifs is 3. The van der Waals surface area contributed by atoms with Gasteiger partial charge in [-0.05, 0) is 49.8 Å². The van der Waals surface area contributed by atoms with Gasteiger partial charge in [0.25, 0.3) is 0 Å². The second-order valence-corrected chi connectivity index (χ2v) is 8.46. The zero-order valence-electron chi connectivity index (χ0n) is 15.9. The summed E-state index contributed by atoms with van der Waals surface area (Å²) in [7, 11) is 0. The molecular formula is C21H28FN5. The van der Waals surface area contributed by atoms with Gasteiger partial charge in [0.05, 0.1) is 17.1 Å². The molecule has 6 heteroatoms. The van der Waals surface area contributed by atoms with Gasteiger partial charge in [-0.15, -0.1) is 0 Å². The molecule has 144 valence electrons. The number of pyridine rings is 1. The number of aryl methyl sites for hydroxylation is 1. The molecular weight excluding hydrogens is 341 g/mol. The van der Waals surface area contributed by atoms with Gasteiger partial charge in [0.15, 0.2) is 0 Å². The Hall–Kier alpha value is -1.79. The fourth-order valence-electron chi connectivity index (χ4n) is 5.19. The van der Waals surface area contributed by atoms with Crippen LogP contribution in [0, 0.1) is 11.7 Å². The highest BCUT2D eigenvalue weighted by Crippen LogP contribution is 2.36. The second kappa shape index (κ2) is 7.32. The number of likely N-dealkylation sites (tertiary alicyclic amines) is 1. The minimum atomic E-state index is -0.212. The average Bonchev–Trinajstić information content (AvgIpc) is 3.09. The zero-order chi connectivity index (χ0) is 18.2. The minimum Gasteiger partial charge on any atom is -0.294 e. The lowest BCUT2D eigenvalue weighted by atomic mass is 9.90. The number of aromatic nitrogens is 3. The van der Waals surface area contributed by atoms with Gasteiger partial charge >= 0.3 is 0 Å². The number of halogens is 1. The largest absolute Gasteiger partial charge is 0.294 e. The molecule has 3 aliphatic rings. The van der Waals surface area contributed by atoms with E-state index in [4.69, 9.17) is 5.10 Å². The Bertz CT molecular complexity index is 804. The van der Waals surface area contributed by atoms with Crippen LogP contribution in [0.2, 0.25) is 0 Å². The van der Waals surface area contributed by atoms with Crippen LogP contribution in [-0.4, -0.2) is 43.7 Å². The SMILES string of the molecule is Fc1cccnc1CN1CCCn2nc(CN3C[C@@H]4CCC[C@H]3C4)cc2C1. The van der Waals surface area contributed by atoms with E-state index >= 15 is 0 Å². The first-order chi connectivity index (χ1) is 13.2. The maximum Gasteiger partial charge on any atom is 0.146 e. The standard InChI is InChI=1S/C21H28FN5/c22-20-6-2-7-23-21(20)15-25-8-3-9-27-19(14-25)11-17(24-27)13-26-12-16-4-1-5-18(26)10-16/h2,6-7,11,16,18H,1,3-5,8-10,12-15H2/t16-,18+/m1/s1. The highest BCUT2D eigenvalue weighted by atomic mass is 19.1. The molecule has 1 saturated carbocycles. The first-order valence-corrected chi connectivity index (χ1v) is 10.4. The number of rotatable bonds is 4. The Morgan fingerprint density at radius 2 is 2.11 bits per heavy atom. The number of hydrogen-bond donors (Lipinski definition) is 0. The zero-order valence-corrected chi connectivity index (χ0v) is 15.9. The maximum atomic E-state index is 14.0. The van der Waals surface area contributed by atoms with E-state index in [1.165, 1.54) is 49.7 Å². The predicted molar refractivity (Wildman–Crippen MR) is 101 cm³/mol. The van der Waals surface area contributed by atoms with Crippen LogP contribution >= 0.6 is 0 Å². The van der Waals surface area contributed by atoms with E-state index in [0.29, 0.717) is 12.2 Å². The van der Waals surface area contributed by atoms with E-state index < -0.39 is 0 Å². The van der Waals surface area contributed by atoms with Crippen molar-refractivity contribution in [2.45, 2.75) is 64.3 Å². The van der Waals surface area contributed by atoms with Crippen molar-refractivity contribution in [2.24, 2.45) is 5.92 Å². The number of hydrogen-bond acceptors (Lipinski definition) is 4. The molecule has 2 atom stereocenters. The lowest BCUT2D eigenvalue weighted by molar-refractivity contribution is 0.233. The third-order valence-electron chi connectivity index (χ3n) is 6.48. The van der Waals surface area contributed by atoms with E-state index in [1.54, 1.807) is 12.3 Å². The van der Waals surface area contributed by atoms with Crippen molar-refractivity contribution >= 4 is 0 Å². The van der Waals surface area contributed by atoms with Crippen LogP contribution in [0.5, 0.6) is 0 Å².